The molecular weight excluding hydrogens is 174 g/mol. The summed E-state index contributed by atoms with van der Waals surface area (Å²) in [5.41, 5.74) is 0.657. The number of rotatable bonds is 2. The number of hydrogen-bond donors (Lipinski definition) is 0. The maximum atomic E-state index is 11.2. The van der Waals surface area contributed by atoms with E-state index < -0.39 is 0 Å². The van der Waals surface area contributed by atoms with Crippen LogP contribution in [0.25, 0.3) is 0 Å². The van der Waals surface area contributed by atoms with Crippen molar-refractivity contribution in [1.82, 2.24) is 0 Å². The molecule has 0 aromatic rings. The zero-order chi connectivity index (χ0) is 10.6. The van der Waals surface area contributed by atoms with E-state index in [0.29, 0.717) is 5.57 Å². The molecule has 78 valence electrons. The van der Waals surface area contributed by atoms with Crippen molar-refractivity contribution in [1.29, 1.82) is 0 Å². The zero-order valence-corrected chi connectivity index (χ0v) is 9.18. The molecule has 1 saturated carbocycles. The van der Waals surface area contributed by atoms with Crippen molar-refractivity contribution >= 4 is 12.1 Å². The van der Waals surface area contributed by atoms with Crippen LogP contribution >= 0.6 is 0 Å². The first-order valence-electron chi connectivity index (χ1n) is 5.29. The van der Waals surface area contributed by atoms with Gasteiger partial charge in [-0.2, -0.15) is 0 Å². The molecule has 0 atom stereocenters. The predicted molar refractivity (Wildman–Crippen MR) is 59.5 cm³/mol. The Morgan fingerprint density at radius 2 is 1.93 bits per heavy atom. The van der Waals surface area contributed by atoms with Crippen molar-refractivity contribution in [3.05, 3.63) is 12.2 Å². The predicted octanol–water partition coefficient (Wildman–Crippen LogP) is 3.13. The van der Waals surface area contributed by atoms with Gasteiger partial charge in [-0.25, -0.2) is 4.99 Å². The second-order valence-corrected chi connectivity index (χ2v) is 4.56. The van der Waals surface area contributed by atoms with E-state index in [2.05, 4.69) is 18.5 Å². The molecule has 2 heteroatoms. The summed E-state index contributed by atoms with van der Waals surface area (Å²) in [6.45, 7) is 7.46. The smallest absolute Gasteiger partial charge is 0.267 e. The van der Waals surface area contributed by atoms with Gasteiger partial charge in [0.1, 0.15) is 0 Å². The van der Waals surface area contributed by atoms with Crippen molar-refractivity contribution < 1.29 is 4.79 Å². The van der Waals surface area contributed by atoms with Crippen LogP contribution in [0.1, 0.15) is 46.0 Å². The van der Waals surface area contributed by atoms with Crippen molar-refractivity contribution in [2.45, 2.75) is 46.0 Å². The Labute approximate surface area is 86.1 Å². The molecule has 1 aliphatic rings. The van der Waals surface area contributed by atoms with Gasteiger partial charge in [-0.3, -0.25) is 4.79 Å². The number of nitrogens with zero attached hydrogens (tertiary/aromatic N) is 1. The first-order chi connectivity index (χ1) is 6.53. The molecule has 1 rings (SSSR count). The molecule has 0 aromatic heterocycles. The van der Waals surface area contributed by atoms with E-state index in [4.69, 9.17) is 0 Å². The van der Waals surface area contributed by atoms with Crippen LogP contribution in [0.2, 0.25) is 0 Å². The molecule has 0 heterocycles. The molecular formula is C12H19NO. The Morgan fingerprint density at radius 1 is 1.36 bits per heavy atom. The topological polar surface area (TPSA) is 29.4 Å². The number of hydrogen-bond acceptors (Lipinski definition) is 1. The zero-order valence-electron chi connectivity index (χ0n) is 9.18. The van der Waals surface area contributed by atoms with Gasteiger partial charge in [0.15, 0.2) is 0 Å². The highest BCUT2D eigenvalue weighted by molar-refractivity contribution is 5.97. The lowest BCUT2D eigenvalue weighted by Crippen LogP contribution is -2.22. The fraction of sp³-hybridized carbons (Fsp3) is 0.667. The Bertz CT molecular complexity index is 259. The fourth-order valence-corrected chi connectivity index (χ4v) is 1.81. The molecule has 1 amide bonds. The van der Waals surface area contributed by atoms with Crippen LogP contribution < -0.4 is 0 Å². The van der Waals surface area contributed by atoms with Gasteiger partial charge in [-0.1, -0.05) is 32.8 Å². The highest BCUT2D eigenvalue weighted by Gasteiger charge is 2.24. The lowest BCUT2D eigenvalue weighted by Gasteiger charge is -2.29. The van der Waals surface area contributed by atoms with Crippen LogP contribution in [0.5, 0.6) is 0 Å². The molecule has 0 radical (unpaired) electrons. The molecule has 0 saturated heterocycles. The van der Waals surface area contributed by atoms with Gasteiger partial charge in [0.2, 0.25) is 0 Å². The minimum Gasteiger partial charge on any atom is -0.267 e. The van der Waals surface area contributed by atoms with Crippen molar-refractivity contribution in [3.8, 4) is 0 Å². The third-order valence-electron chi connectivity index (χ3n) is 2.85. The Kier molecular flexibility index (Phi) is 3.62. The van der Waals surface area contributed by atoms with E-state index in [-0.39, 0.29) is 11.3 Å². The third-order valence-corrected chi connectivity index (χ3v) is 2.85. The van der Waals surface area contributed by atoms with Crippen molar-refractivity contribution in [3.63, 3.8) is 0 Å². The van der Waals surface area contributed by atoms with Crippen LogP contribution in [-0.2, 0) is 4.79 Å². The standard InChI is InChI=1S/C12H19NO/c1-10(2)11(14)13-9-12(3)7-5-4-6-8-12/h9H,1,4-8H2,2-3H3. The van der Waals surface area contributed by atoms with Gasteiger partial charge < -0.3 is 0 Å². The van der Waals surface area contributed by atoms with Gasteiger partial charge in [-0.05, 0) is 19.8 Å². The minimum atomic E-state index is -0.184. The molecule has 0 spiro atoms. The average molecular weight is 193 g/mol. The first-order valence-corrected chi connectivity index (χ1v) is 5.29. The molecule has 0 aliphatic heterocycles. The summed E-state index contributed by atoms with van der Waals surface area (Å²) in [5, 5.41) is 0. The third kappa shape index (κ3) is 3.09. The molecule has 0 bridgehead atoms. The van der Waals surface area contributed by atoms with Crippen molar-refractivity contribution in [2.24, 2.45) is 10.4 Å². The molecule has 2 nitrogen and oxygen atoms in total. The maximum absolute atomic E-state index is 11.2. The molecule has 1 fully saturated rings. The number of carbonyl (C=O) groups excluding carboxylic acids is 1. The van der Waals surface area contributed by atoms with E-state index in [1.165, 1.54) is 19.3 Å². The summed E-state index contributed by atoms with van der Waals surface area (Å²) in [5.74, 6) is -0.184. The summed E-state index contributed by atoms with van der Waals surface area (Å²) in [6, 6.07) is 0. The van der Waals surface area contributed by atoms with Crippen LogP contribution in [0.3, 0.4) is 0 Å². The lowest BCUT2D eigenvalue weighted by molar-refractivity contribution is -0.114. The van der Waals surface area contributed by atoms with Crippen LogP contribution in [0.4, 0.5) is 0 Å². The normalized spacial score (nSPS) is 21.0. The van der Waals surface area contributed by atoms with E-state index >= 15 is 0 Å². The van der Waals surface area contributed by atoms with E-state index in [0.717, 1.165) is 12.8 Å². The maximum Gasteiger partial charge on any atom is 0.271 e. The monoisotopic (exact) mass is 193 g/mol. The van der Waals surface area contributed by atoms with Gasteiger partial charge in [0, 0.05) is 17.2 Å². The fourth-order valence-electron chi connectivity index (χ4n) is 1.81. The Hall–Kier alpha value is -0.920. The van der Waals surface area contributed by atoms with E-state index in [1.807, 2.05) is 6.21 Å². The van der Waals surface area contributed by atoms with Gasteiger partial charge >= 0.3 is 0 Å². The Morgan fingerprint density at radius 3 is 2.43 bits per heavy atom. The molecule has 0 unspecified atom stereocenters. The largest absolute Gasteiger partial charge is 0.271 e. The molecule has 0 N–H and O–H groups in total. The van der Waals surface area contributed by atoms with Gasteiger partial charge in [-0.15, -0.1) is 0 Å². The highest BCUT2D eigenvalue weighted by atomic mass is 16.1. The van der Waals surface area contributed by atoms with Crippen molar-refractivity contribution in [2.75, 3.05) is 0 Å². The first kappa shape index (κ1) is 11.2. The second-order valence-electron chi connectivity index (χ2n) is 4.56. The van der Waals surface area contributed by atoms with Crippen LogP contribution in [0.15, 0.2) is 17.1 Å². The lowest BCUT2D eigenvalue weighted by atomic mass is 9.77. The van der Waals surface area contributed by atoms with Gasteiger partial charge in [0.25, 0.3) is 5.91 Å². The molecule has 14 heavy (non-hydrogen) atoms. The van der Waals surface area contributed by atoms with Gasteiger partial charge in [0.05, 0.1) is 0 Å². The second kappa shape index (κ2) is 4.54. The summed E-state index contributed by atoms with van der Waals surface area (Å²) in [4.78, 5) is 15.2. The van der Waals surface area contributed by atoms with E-state index in [1.54, 1.807) is 6.92 Å². The molecule has 0 aromatic carbocycles. The summed E-state index contributed by atoms with van der Waals surface area (Å²) in [7, 11) is 0. The minimum absolute atomic E-state index is 0.142. The quantitative estimate of drug-likeness (QED) is 0.489. The number of aliphatic imine (C=N–C) groups is 1. The molecule has 1 aliphatic carbocycles. The Balaban J connectivity index is 2.56. The van der Waals surface area contributed by atoms with E-state index in [9.17, 15) is 4.79 Å². The number of amides is 1. The number of carbonyl (C=O) groups is 1. The van der Waals surface area contributed by atoms with Crippen LogP contribution in [0, 0.1) is 5.41 Å². The SMILES string of the molecule is C=C(C)C(=O)N=CC1(C)CCCCC1. The summed E-state index contributed by atoms with van der Waals surface area (Å²) in [6.07, 6.45) is 7.97. The summed E-state index contributed by atoms with van der Waals surface area (Å²) >= 11 is 0. The van der Waals surface area contributed by atoms with Crippen LogP contribution in [-0.4, -0.2) is 12.1 Å². The average Bonchev–Trinajstić information content (AvgIpc) is 2.15. The highest BCUT2D eigenvalue weighted by Crippen LogP contribution is 2.33. The summed E-state index contributed by atoms with van der Waals surface area (Å²) < 4.78 is 0.